The first-order valence-electron chi connectivity index (χ1n) is 12.3. The van der Waals surface area contributed by atoms with Gasteiger partial charge in [-0.2, -0.15) is 0 Å². The van der Waals surface area contributed by atoms with Gasteiger partial charge in [-0.05, 0) is 49.1 Å². The van der Waals surface area contributed by atoms with Gasteiger partial charge in [0.25, 0.3) is 0 Å². The monoisotopic (exact) mass is 510 g/mol. The molecule has 1 aliphatic heterocycles. The van der Waals surface area contributed by atoms with E-state index in [1.165, 1.54) is 7.11 Å². The molecular formula is C27H34N4O6. The molecule has 1 saturated heterocycles. The molecule has 0 aliphatic carbocycles. The van der Waals surface area contributed by atoms with Crippen LogP contribution in [0.25, 0.3) is 0 Å². The number of hydrogen-bond acceptors (Lipinski definition) is 5. The Bertz CT molecular complexity index is 1140. The molecule has 1 aliphatic rings. The summed E-state index contributed by atoms with van der Waals surface area (Å²) in [6.45, 7) is 3.87. The first-order valence-corrected chi connectivity index (χ1v) is 12.3. The Labute approximate surface area is 216 Å². The van der Waals surface area contributed by atoms with E-state index in [1.54, 1.807) is 28.0 Å². The fourth-order valence-electron chi connectivity index (χ4n) is 4.19. The Balaban J connectivity index is 1.54. The molecule has 2 aromatic carbocycles. The number of carboxylic acids is 1. The average Bonchev–Trinajstić information content (AvgIpc) is 3.12. The Kier molecular flexibility index (Phi) is 9.88. The minimum absolute atomic E-state index is 0.0284. The molecule has 2 aromatic rings. The van der Waals surface area contributed by atoms with Crippen LogP contribution in [-0.4, -0.2) is 72.0 Å². The van der Waals surface area contributed by atoms with Gasteiger partial charge in [0.05, 0.1) is 19.2 Å². The van der Waals surface area contributed by atoms with E-state index in [0.29, 0.717) is 56.1 Å². The van der Waals surface area contributed by atoms with Crippen LogP contribution in [0.1, 0.15) is 36.8 Å². The SMILES string of the molecule is COc1cc(CC(=O)N2CCCN(C(=O)CCCC(=O)O)CC2)ccc1NC(=O)Nc1ccccc1C. The predicted molar refractivity (Wildman–Crippen MR) is 140 cm³/mol. The van der Waals surface area contributed by atoms with Gasteiger partial charge in [-0.25, -0.2) is 4.79 Å². The molecule has 3 N–H and O–H groups in total. The van der Waals surface area contributed by atoms with Crippen molar-refractivity contribution in [2.24, 2.45) is 0 Å². The van der Waals surface area contributed by atoms with E-state index in [0.717, 1.165) is 11.1 Å². The van der Waals surface area contributed by atoms with E-state index < -0.39 is 12.0 Å². The molecule has 0 atom stereocenters. The standard InChI is InChI=1S/C27H34N4O6/c1-19-7-3-4-8-21(19)28-27(36)29-22-12-11-20(17-23(22)37-2)18-25(33)31-14-6-13-30(15-16-31)24(32)9-5-10-26(34)35/h3-4,7-8,11-12,17H,5-6,9-10,13-16,18H2,1-2H3,(H,34,35)(H2,28,29,36). The van der Waals surface area contributed by atoms with Crippen molar-refractivity contribution in [1.82, 2.24) is 9.80 Å². The lowest BCUT2D eigenvalue weighted by molar-refractivity contribution is -0.137. The molecular weight excluding hydrogens is 476 g/mol. The predicted octanol–water partition coefficient (Wildman–Crippen LogP) is 3.51. The number of amides is 4. The number of aliphatic carboxylic acids is 1. The van der Waals surface area contributed by atoms with E-state index in [-0.39, 0.29) is 31.1 Å². The lowest BCUT2D eigenvalue weighted by Gasteiger charge is -2.22. The molecule has 10 heteroatoms. The van der Waals surface area contributed by atoms with Crippen molar-refractivity contribution in [3.8, 4) is 5.75 Å². The third kappa shape index (κ3) is 8.23. The quantitative estimate of drug-likeness (QED) is 0.474. The summed E-state index contributed by atoms with van der Waals surface area (Å²) in [5.41, 5.74) is 2.88. The second-order valence-electron chi connectivity index (χ2n) is 8.97. The van der Waals surface area contributed by atoms with E-state index in [1.807, 2.05) is 31.2 Å². The smallest absolute Gasteiger partial charge is 0.323 e. The van der Waals surface area contributed by atoms with Crippen molar-refractivity contribution in [2.75, 3.05) is 43.9 Å². The van der Waals surface area contributed by atoms with Crippen molar-refractivity contribution in [3.63, 3.8) is 0 Å². The highest BCUT2D eigenvalue weighted by Crippen LogP contribution is 2.26. The second-order valence-corrected chi connectivity index (χ2v) is 8.97. The normalized spacial score (nSPS) is 13.5. The van der Waals surface area contributed by atoms with E-state index >= 15 is 0 Å². The Morgan fingerprint density at radius 3 is 2.24 bits per heavy atom. The maximum atomic E-state index is 13.0. The van der Waals surface area contributed by atoms with E-state index in [4.69, 9.17) is 9.84 Å². The summed E-state index contributed by atoms with van der Waals surface area (Å²) in [6.07, 6.45) is 1.31. The van der Waals surface area contributed by atoms with Crippen LogP contribution in [0.2, 0.25) is 0 Å². The van der Waals surface area contributed by atoms with Crippen LogP contribution in [0.3, 0.4) is 0 Å². The molecule has 0 bridgehead atoms. The number of rotatable bonds is 9. The van der Waals surface area contributed by atoms with Gasteiger partial charge in [0.1, 0.15) is 5.75 Å². The summed E-state index contributed by atoms with van der Waals surface area (Å²) in [7, 11) is 1.50. The molecule has 198 valence electrons. The van der Waals surface area contributed by atoms with Gasteiger partial charge < -0.3 is 30.3 Å². The highest BCUT2D eigenvalue weighted by atomic mass is 16.5. The number of hydrogen-bond donors (Lipinski definition) is 3. The van der Waals surface area contributed by atoms with Gasteiger partial charge in [-0.3, -0.25) is 14.4 Å². The number of nitrogens with zero attached hydrogens (tertiary/aromatic N) is 2. The van der Waals surface area contributed by atoms with Crippen molar-refractivity contribution < 1.29 is 29.0 Å². The Morgan fingerprint density at radius 1 is 0.892 bits per heavy atom. The molecule has 0 unspecified atom stereocenters. The van der Waals surface area contributed by atoms with E-state index in [2.05, 4.69) is 10.6 Å². The first-order chi connectivity index (χ1) is 17.8. The molecule has 3 rings (SSSR count). The summed E-state index contributed by atoms with van der Waals surface area (Å²) < 4.78 is 5.45. The van der Waals surface area contributed by atoms with Gasteiger partial charge in [-0.1, -0.05) is 24.3 Å². The van der Waals surface area contributed by atoms with Crippen molar-refractivity contribution in [3.05, 3.63) is 53.6 Å². The molecule has 0 spiro atoms. The van der Waals surface area contributed by atoms with Gasteiger partial charge in [-0.15, -0.1) is 0 Å². The number of nitrogens with one attached hydrogen (secondary N) is 2. The topological polar surface area (TPSA) is 128 Å². The van der Waals surface area contributed by atoms with Gasteiger partial charge >= 0.3 is 12.0 Å². The van der Waals surface area contributed by atoms with E-state index in [9.17, 15) is 19.2 Å². The zero-order valence-electron chi connectivity index (χ0n) is 21.3. The molecule has 4 amide bonds. The first kappa shape index (κ1) is 27.5. The fraction of sp³-hybridized carbons (Fsp3) is 0.407. The maximum Gasteiger partial charge on any atom is 0.323 e. The van der Waals surface area contributed by atoms with Crippen LogP contribution in [-0.2, 0) is 20.8 Å². The molecule has 0 saturated carbocycles. The molecule has 1 heterocycles. The molecule has 37 heavy (non-hydrogen) atoms. The summed E-state index contributed by atoms with van der Waals surface area (Å²) in [5.74, 6) is -0.597. The number of anilines is 2. The summed E-state index contributed by atoms with van der Waals surface area (Å²) in [6, 6.07) is 12.3. The highest BCUT2D eigenvalue weighted by molar-refractivity contribution is 6.01. The Morgan fingerprint density at radius 2 is 1.57 bits per heavy atom. The second kappa shape index (κ2) is 13.3. The van der Waals surface area contributed by atoms with Crippen LogP contribution in [0.15, 0.2) is 42.5 Å². The lowest BCUT2D eigenvalue weighted by Crippen LogP contribution is -2.37. The van der Waals surface area contributed by atoms with Crippen LogP contribution in [0.5, 0.6) is 5.75 Å². The summed E-state index contributed by atoms with van der Waals surface area (Å²) >= 11 is 0. The largest absolute Gasteiger partial charge is 0.495 e. The van der Waals surface area contributed by atoms with Crippen LogP contribution in [0, 0.1) is 6.92 Å². The third-order valence-electron chi connectivity index (χ3n) is 6.25. The molecule has 0 aromatic heterocycles. The zero-order valence-corrected chi connectivity index (χ0v) is 21.3. The lowest BCUT2D eigenvalue weighted by atomic mass is 10.1. The number of methoxy groups -OCH3 is 1. The maximum absolute atomic E-state index is 13.0. The number of benzene rings is 2. The van der Waals surface area contributed by atoms with Crippen molar-refractivity contribution in [1.29, 1.82) is 0 Å². The van der Waals surface area contributed by atoms with Crippen LogP contribution >= 0.6 is 0 Å². The van der Waals surface area contributed by atoms with Crippen LogP contribution < -0.4 is 15.4 Å². The molecule has 10 nitrogen and oxygen atoms in total. The number of carbonyl (C=O) groups is 4. The molecule has 0 radical (unpaired) electrons. The zero-order chi connectivity index (χ0) is 26.8. The van der Waals surface area contributed by atoms with Crippen molar-refractivity contribution in [2.45, 2.75) is 39.0 Å². The number of para-hydroxylation sites is 1. The minimum Gasteiger partial charge on any atom is -0.495 e. The highest BCUT2D eigenvalue weighted by Gasteiger charge is 2.22. The summed E-state index contributed by atoms with van der Waals surface area (Å²) in [5, 5.41) is 14.3. The van der Waals surface area contributed by atoms with Gasteiger partial charge in [0.2, 0.25) is 11.8 Å². The number of carbonyl (C=O) groups excluding carboxylic acids is 3. The number of aryl methyl sites for hydroxylation is 1. The van der Waals surface area contributed by atoms with Gasteiger partial charge in [0.15, 0.2) is 0 Å². The number of carboxylic acid groups (broad SMARTS) is 1. The average molecular weight is 511 g/mol. The Hall–Kier alpha value is -4.08. The minimum atomic E-state index is -0.911. The van der Waals surface area contributed by atoms with Crippen LogP contribution in [0.4, 0.5) is 16.2 Å². The molecule has 1 fully saturated rings. The number of ether oxygens (including phenoxy) is 1. The van der Waals surface area contributed by atoms with Gasteiger partial charge in [0, 0.05) is 44.7 Å². The van der Waals surface area contributed by atoms with Crippen molar-refractivity contribution >= 4 is 35.2 Å². The fourth-order valence-corrected chi connectivity index (χ4v) is 4.19. The third-order valence-corrected chi connectivity index (χ3v) is 6.25. The summed E-state index contributed by atoms with van der Waals surface area (Å²) in [4.78, 5) is 52.0. The number of urea groups is 1.